The van der Waals surface area contributed by atoms with E-state index in [-0.39, 0.29) is 48.6 Å². The second kappa shape index (κ2) is 16.2. The highest BCUT2D eigenvalue weighted by atomic mass is 32.2. The van der Waals surface area contributed by atoms with Gasteiger partial charge in [0.1, 0.15) is 28.9 Å². The van der Waals surface area contributed by atoms with Gasteiger partial charge in [0.15, 0.2) is 0 Å². The number of hydrogen-bond acceptors (Lipinski definition) is 10. The van der Waals surface area contributed by atoms with E-state index in [2.05, 4.69) is 27.6 Å². The van der Waals surface area contributed by atoms with E-state index in [0.717, 1.165) is 43.2 Å². The topological polar surface area (TPSA) is 206 Å². The average molecular weight is 707 g/mol. The fourth-order valence-corrected chi connectivity index (χ4v) is 6.48. The number of nitrogens with two attached hydrogens (primary N) is 1. The number of carbonyl (C=O) groups excluding carboxylic acids is 1. The summed E-state index contributed by atoms with van der Waals surface area (Å²) in [6.07, 6.45) is 12.1. The quantitative estimate of drug-likeness (QED) is 0.118. The standard InChI is InChI=1S/C34H46N10O5S/c1-4-24(35)19-32(39-25-20-38-42(21-25)17-18-48-50(3,46)47)41-34(45)40-29-13-14-30(28-11-6-5-10-27(28)29)49-26-12-15-31(36)44(22-26)33(37)43-16-8-7-9-23(43)2/h5-6,10-12,15,19-23,29-30,36-37H,4,7-9,13-14,16-18,35H2,1-3H3,(H2,39,40,41,45)/t23-,29-,30?/m0/s1. The first-order valence-electron chi connectivity index (χ1n) is 16.8. The Labute approximate surface area is 292 Å². The van der Waals surface area contributed by atoms with Crippen molar-refractivity contribution in [3.63, 3.8) is 0 Å². The highest BCUT2D eigenvalue weighted by Crippen LogP contribution is 2.38. The summed E-state index contributed by atoms with van der Waals surface area (Å²) in [6.45, 7) is 4.92. The van der Waals surface area contributed by atoms with Crippen molar-refractivity contribution in [3.05, 3.63) is 83.4 Å². The third kappa shape index (κ3) is 9.59. The molecule has 0 radical (unpaired) electrons. The third-order valence-corrected chi connectivity index (χ3v) is 9.30. The first-order chi connectivity index (χ1) is 23.9. The molecule has 1 fully saturated rings. The number of piperidine rings is 1. The summed E-state index contributed by atoms with van der Waals surface area (Å²) < 4.78 is 36.8. The number of benzene rings is 1. The van der Waals surface area contributed by atoms with Crippen molar-refractivity contribution in [1.29, 1.82) is 10.8 Å². The summed E-state index contributed by atoms with van der Waals surface area (Å²) >= 11 is 0. The van der Waals surface area contributed by atoms with E-state index in [1.807, 2.05) is 36.1 Å². The lowest BCUT2D eigenvalue weighted by molar-refractivity contribution is 0.170. The highest BCUT2D eigenvalue weighted by molar-refractivity contribution is 7.85. The number of amidine groups is 1. The highest BCUT2D eigenvalue weighted by Gasteiger charge is 2.30. The number of urea groups is 1. The Morgan fingerprint density at radius 1 is 1.14 bits per heavy atom. The third-order valence-electron chi connectivity index (χ3n) is 8.70. The Kier molecular flexibility index (Phi) is 11.7. The van der Waals surface area contributed by atoms with Gasteiger partial charge in [0.25, 0.3) is 10.1 Å². The van der Waals surface area contributed by atoms with Gasteiger partial charge in [-0.3, -0.25) is 29.6 Å². The number of aromatic nitrogens is 3. The number of allylic oxidation sites excluding steroid dienone is 1. The maximum atomic E-state index is 13.3. The van der Waals surface area contributed by atoms with E-state index in [1.165, 1.54) is 10.9 Å². The van der Waals surface area contributed by atoms with Crippen molar-refractivity contribution in [3.8, 4) is 5.75 Å². The number of rotatable bonds is 10. The molecule has 1 aliphatic carbocycles. The number of amides is 2. The SMILES string of the molecule is CCC(N)=CC(=Nc1cnn(CCOS(C)(=O)=O)c1)NC(=O)N[C@H]1CCC(Oc2ccc(=N)n(C(=N)N3CCCC[C@@H]3C)c2)c2ccccc21. The predicted molar refractivity (Wildman–Crippen MR) is 190 cm³/mol. The molecule has 50 heavy (non-hydrogen) atoms. The average Bonchev–Trinajstić information content (AvgIpc) is 3.52. The minimum absolute atomic E-state index is 0.0745. The number of fused-ring (bicyclic) bond motifs is 1. The Bertz CT molecular complexity index is 1920. The molecular formula is C34H46N10O5S. The normalized spacial score (nSPS) is 19.8. The van der Waals surface area contributed by atoms with E-state index in [1.54, 1.807) is 35.2 Å². The molecule has 0 saturated carbocycles. The molecule has 5 rings (SSSR count). The van der Waals surface area contributed by atoms with E-state index in [0.29, 0.717) is 36.4 Å². The summed E-state index contributed by atoms with van der Waals surface area (Å²) in [5, 5.41) is 27.4. The molecule has 6 N–H and O–H groups in total. The number of aliphatic imine (C=N–C) groups is 1. The first kappa shape index (κ1) is 36.3. The number of hydrogen-bond donors (Lipinski definition) is 5. The molecule has 2 aromatic heterocycles. The van der Waals surface area contributed by atoms with Crippen molar-refractivity contribution < 1.29 is 22.1 Å². The Hall–Kier alpha value is -4.96. The second-order valence-corrected chi connectivity index (χ2v) is 14.1. The number of ether oxygens (including phenoxy) is 1. The van der Waals surface area contributed by atoms with Crippen LogP contribution >= 0.6 is 0 Å². The largest absolute Gasteiger partial charge is 0.484 e. The number of carbonyl (C=O) groups is 1. The first-order valence-corrected chi connectivity index (χ1v) is 18.6. The van der Waals surface area contributed by atoms with Crippen LogP contribution in [0.3, 0.4) is 0 Å². The van der Waals surface area contributed by atoms with Crippen molar-refractivity contribution in [2.24, 2.45) is 10.7 Å². The minimum atomic E-state index is -3.56. The lowest BCUT2D eigenvalue weighted by Gasteiger charge is -2.36. The van der Waals surface area contributed by atoms with Crippen LogP contribution in [0.25, 0.3) is 0 Å². The predicted octanol–water partition coefficient (Wildman–Crippen LogP) is 4.03. The van der Waals surface area contributed by atoms with Gasteiger partial charge in [-0.1, -0.05) is 31.2 Å². The lowest BCUT2D eigenvalue weighted by Crippen LogP contribution is -2.47. The molecule has 2 aliphatic rings. The van der Waals surface area contributed by atoms with E-state index < -0.39 is 16.1 Å². The van der Waals surface area contributed by atoms with Gasteiger partial charge < -0.3 is 20.7 Å². The zero-order chi connectivity index (χ0) is 35.8. The molecule has 1 unspecified atom stereocenters. The maximum absolute atomic E-state index is 13.3. The molecule has 0 bridgehead atoms. The Morgan fingerprint density at radius 3 is 2.66 bits per heavy atom. The Morgan fingerprint density at radius 2 is 1.92 bits per heavy atom. The summed E-state index contributed by atoms with van der Waals surface area (Å²) in [5.41, 5.74) is 9.13. The molecule has 2 amide bonds. The van der Waals surface area contributed by atoms with E-state index in [9.17, 15) is 13.2 Å². The number of nitrogens with one attached hydrogen (secondary N) is 4. The summed E-state index contributed by atoms with van der Waals surface area (Å²) in [5.74, 6) is 1.06. The van der Waals surface area contributed by atoms with Crippen LogP contribution in [0.4, 0.5) is 10.5 Å². The van der Waals surface area contributed by atoms with Crippen LogP contribution in [0, 0.1) is 10.8 Å². The van der Waals surface area contributed by atoms with Crippen molar-refractivity contribution in [2.75, 3.05) is 19.4 Å². The molecular weight excluding hydrogens is 661 g/mol. The van der Waals surface area contributed by atoms with Crippen molar-refractivity contribution in [2.45, 2.75) is 77.1 Å². The van der Waals surface area contributed by atoms with Crippen LogP contribution < -0.4 is 26.6 Å². The van der Waals surface area contributed by atoms with Gasteiger partial charge in [0, 0.05) is 18.3 Å². The monoisotopic (exact) mass is 706 g/mol. The molecule has 16 heteroatoms. The molecule has 0 spiro atoms. The molecule has 1 aliphatic heterocycles. The van der Waals surface area contributed by atoms with Crippen molar-refractivity contribution in [1.82, 2.24) is 29.9 Å². The maximum Gasteiger partial charge on any atom is 0.320 e. The second-order valence-electron chi connectivity index (χ2n) is 12.5. The van der Waals surface area contributed by atoms with Gasteiger partial charge in [-0.15, -0.1) is 0 Å². The zero-order valence-corrected chi connectivity index (χ0v) is 29.4. The van der Waals surface area contributed by atoms with Gasteiger partial charge in [0.2, 0.25) is 5.96 Å². The summed E-state index contributed by atoms with van der Waals surface area (Å²) in [6, 6.07) is 10.7. The van der Waals surface area contributed by atoms with Gasteiger partial charge in [-0.25, -0.2) is 9.79 Å². The number of nitrogens with zero attached hydrogens (tertiary/aromatic N) is 5. The van der Waals surface area contributed by atoms with Crippen LogP contribution in [-0.4, -0.2) is 70.9 Å². The summed E-state index contributed by atoms with van der Waals surface area (Å²) in [7, 11) is -3.56. The molecule has 3 atom stereocenters. The van der Waals surface area contributed by atoms with Gasteiger partial charge in [-0.05, 0) is 74.8 Å². The fraction of sp³-hybridized carbons (Fsp3) is 0.441. The van der Waals surface area contributed by atoms with Crippen LogP contribution in [0.2, 0.25) is 0 Å². The van der Waals surface area contributed by atoms with Crippen LogP contribution in [0.5, 0.6) is 5.75 Å². The fourth-order valence-electron chi connectivity index (χ4n) is 6.10. The van der Waals surface area contributed by atoms with Crippen molar-refractivity contribution >= 4 is 33.6 Å². The summed E-state index contributed by atoms with van der Waals surface area (Å²) in [4.78, 5) is 19.9. The smallest absolute Gasteiger partial charge is 0.320 e. The molecule has 3 aromatic rings. The molecule has 1 aromatic carbocycles. The van der Waals surface area contributed by atoms with Gasteiger partial charge in [0.05, 0.1) is 44.0 Å². The van der Waals surface area contributed by atoms with Crippen LogP contribution in [0.15, 0.2) is 71.8 Å². The number of likely N-dealkylation sites (tertiary alicyclic amines) is 1. The molecule has 3 heterocycles. The molecule has 15 nitrogen and oxygen atoms in total. The number of pyridine rings is 1. The molecule has 1 saturated heterocycles. The van der Waals surface area contributed by atoms with E-state index in [4.69, 9.17) is 25.5 Å². The van der Waals surface area contributed by atoms with E-state index >= 15 is 0 Å². The van der Waals surface area contributed by atoms with Crippen LogP contribution in [-0.2, 0) is 20.8 Å². The van der Waals surface area contributed by atoms with Crippen LogP contribution in [0.1, 0.15) is 75.6 Å². The molecule has 268 valence electrons. The lowest BCUT2D eigenvalue weighted by atomic mass is 9.85. The zero-order valence-electron chi connectivity index (χ0n) is 28.6. The Balaban J connectivity index is 1.27. The minimum Gasteiger partial charge on any atom is -0.484 e. The van der Waals surface area contributed by atoms with Gasteiger partial charge >= 0.3 is 6.03 Å². The van der Waals surface area contributed by atoms with Gasteiger partial charge in [-0.2, -0.15) is 13.5 Å².